The maximum atomic E-state index is 12.3. The Balaban J connectivity index is 0.000000688. The number of nitrogens with zero attached hydrogens (tertiary/aromatic N) is 2. The maximum Gasteiger partial charge on any atom is 0.415 e. The average molecular weight is 330 g/mol. The summed E-state index contributed by atoms with van der Waals surface area (Å²) < 4.78 is 36.9. The third kappa shape index (κ3) is 7.51. The minimum Gasteiger partial charge on any atom is -0.371 e. The fourth-order valence-electron chi connectivity index (χ4n) is 1.59. The number of hydrogen-bond donors (Lipinski definition) is 2. The number of primary amides is 1. The van der Waals surface area contributed by atoms with Gasteiger partial charge in [-0.25, -0.2) is 0 Å². The van der Waals surface area contributed by atoms with Crippen LogP contribution in [0, 0.1) is 11.3 Å². The van der Waals surface area contributed by atoms with Gasteiger partial charge in [0.2, 0.25) is 5.91 Å². The average Bonchev–Trinajstić information content (AvgIpc) is 2.97. The van der Waals surface area contributed by atoms with Crippen LogP contribution in [0.25, 0.3) is 0 Å². The van der Waals surface area contributed by atoms with E-state index < -0.39 is 23.7 Å². The smallest absolute Gasteiger partial charge is 0.371 e. The Kier molecular flexibility index (Phi) is 8.11. The van der Waals surface area contributed by atoms with Gasteiger partial charge in [0.1, 0.15) is 6.07 Å². The molecule has 1 rings (SSSR count). The Morgan fingerprint density at radius 1 is 1.35 bits per heavy atom. The van der Waals surface area contributed by atoms with Crippen molar-refractivity contribution in [2.24, 2.45) is 11.5 Å². The molecule has 1 amide bonds. The fraction of sp³-hybridized carbons (Fsp3) is 0.467. The molecule has 0 aromatic heterocycles. The van der Waals surface area contributed by atoms with Gasteiger partial charge in [-0.1, -0.05) is 13.2 Å². The lowest BCUT2D eigenvalue weighted by atomic mass is 10.1. The van der Waals surface area contributed by atoms with E-state index in [4.69, 9.17) is 11.0 Å². The molecule has 0 bridgehead atoms. The summed E-state index contributed by atoms with van der Waals surface area (Å²) >= 11 is 0. The quantitative estimate of drug-likeness (QED) is 0.608. The monoisotopic (exact) mass is 330 g/mol. The molecule has 1 heterocycles. The van der Waals surface area contributed by atoms with Crippen LogP contribution in [0.4, 0.5) is 13.2 Å². The summed E-state index contributed by atoms with van der Waals surface area (Å²) in [4.78, 5) is 11.6. The van der Waals surface area contributed by atoms with Crippen molar-refractivity contribution in [2.45, 2.75) is 32.0 Å². The molecule has 4 N–H and O–H groups in total. The van der Waals surface area contributed by atoms with Crippen LogP contribution < -0.4 is 11.5 Å². The molecule has 1 unspecified atom stereocenters. The zero-order chi connectivity index (χ0) is 18.2. The van der Waals surface area contributed by atoms with Crippen molar-refractivity contribution < 1.29 is 18.0 Å². The molecule has 1 aliphatic rings. The Morgan fingerprint density at radius 2 is 1.78 bits per heavy atom. The minimum absolute atomic E-state index is 0.0748. The van der Waals surface area contributed by atoms with Crippen molar-refractivity contribution in [3.8, 4) is 6.07 Å². The summed E-state index contributed by atoms with van der Waals surface area (Å²) in [6, 6.07) is 1.23. The summed E-state index contributed by atoms with van der Waals surface area (Å²) in [6.45, 7) is 9.59. The third-order valence-corrected chi connectivity index (χ3v) is 3.05. The number of halogens is 3. The van der Waals surface area contributed by atoms with Crippen LogP contribution in [-0.4, -0.2) is 36.1 Å². The fourth-order valence-corrected chi connectivity index (χ4v) is 1.59. The molecule has 23 heavy (non-hydrogen) atoms. The SMILES string of the molecule is C=C(/C(C#N)=C\C(=C)C(F)(F)F)N1CCCC1.CC(N)C(N)=O. The van der Waals surface area contributed by atoms with Gasteiger partial charge in [0, 0.05) is 24.4 Å². The van der Waals surface area contributed by atoms with E-state index in [9.17, 15) is 18.0 Å². The molecule has 8 heteroatoms. The zero-order valence-corrected chi connectivity index (χ0v) is 13.0. The van der Waals surface area contributed by atoms with Crippen molar-refractivity contribution in [1.29, 1.82) is 5.26 Å². The van der Waals surface area contributed by atoms with E-state index in [1.165, 1.54) is 0 Å². The van der Waals surface area contributed by atoms with Gasteiger partial charge in [-0.3, -0.25) is 4.79 Å². The van der Waals surface area contributed by atoms with E-state index in [0.29, 0.717) is 5.70 Å². The van der Waals surface area contributed by atoms with Gasteiger partial charge in [-0.05, 0) is 25.8 Å². The lowest BCUT2D eigenvalue weighted by Gasteiger charge is -2.19. The van der Waals surface area contributed by atoms with E-state index >= 15 is 0 Å². The van der Waals surface area contributed by atoms with Crippen molar-refractivity contribution in [2.75, 3.05) is 13.1 Å². The number of likely N-dealkylation sites (tertiary alicyclic amines) is 1. The van der Waals surface area contributed by atoms with Gasteiger partial charge in [-0.2, -0.15) is 18.4 Å². The first-order valence-corrected chi connectivity index (χ1v) is 6.87. The molecule has 0 saturated carbocycles. The van der Waals surface area contributed by atoms with Crippen LogP contribution in [0.15, 0.2) is 36.1 Å². The normalized spacial score (nSPS) is 16.0. The molecule has 1 atom stereocenters. The topological polar surface area (TPSA) is 96.1 Å². The van der Waals surface area contributed by atoms with Crippen molar-refractivity contribution in [3.63, 3.8) is 0 Å². The predicted octanol–water partition coefficient (Wildman–Crippen LogP) is 1.98. The lowest BCUT2D eigenvalue weighted by Crippen LogP contribution is -2.32. The Bertz CT molecular complexity index is 524. The molecule has 1 fully saturated rings. The molecule has 0 aliphatic carbocycles. The standard InChI is InChI=1S/C12H13F3N2.C3H8N2O/c1-9(12(13,14)15)7-11(8-16)10(2)17-5-3-4-6-17;1-2(4)3(5)6/h7H,1-6H2;2H,4H2,1H3,(H2,5,6)/b11-7-;. The Labute approximate surface area is 133 Å². The largest absolute Gasteiger partial charge is 0.415 e. The molecule has 0 radical (unpaired) electrons. The minimum atomic E-state index is -4.51. The van der Waals surface area contributed by atoms with Gasteiger partial charge in [0.25, 0.3) is 0 Å². The summed E-state index contributed by atoms with van der Waals surface area (Å²) in [5.41, 5.74) is 8.87. The summed E-state index contributed by atoms with van der Waals surface area (Å²) in [7, 11) is 0. The molecular weight excluding hydrogens is 309 g/mol. The van der Waals surface area contributed by atoms with Gasteiger partial charge in [0.05, 0.1) is 11.6 Å². The first-order valence-electron chi connectivity index (χ1n) is 6.87. The number of nitriles is 1. The van der Waals surface area contributed by atoms with Crippen molar-refractivity contribution >= 4 is 5.91 Å². The number of amides is 1. The highest BCUT2D eigenvalue weighted by Gasteiger charge is 2.31. The molecule has 0 spiro atoms. The summed E-state index contributed by atoms with van der Waals surface area (Å²) in [6.07, 6.45) is -1.82. The first-order chi connectivity index (χ1) is 10.5. The van der Waals surface area contributed by atoms with Crippen LogP contribution in [0.5, 0.6) is 0 Å². The second kappa shape index (κ2) is 9.00. The summed E-state index contributed by atoms with van der Waals surface area (Å²) in [5.74, 6) is -0.463. The van der Waals surface area contributed by atoms with E-state index in [1.807, 2.05) is 4.90 Å². The van der Waals surface area contributed by atoms with Gasteiger partial charge >= 0.3 is 6.18 Å². The van der Waals surface area contributed by atoms with Gasteiger partial charge in [-0.15, -0.1) is 0 Å². The van der Waals surface area contributed by atoms with Gasteiger partial charge < -0.3 is 16.4 Å². The number of carbonyl (C=O) groups excluding carboxylic acids is 1. The number of allylic oxidation sites excluding steroid dienone is 3. The highest BCUT2D eigenvalue weighted by Crippen LogP contribution is 2.28. The highest BCUT2D eigenvalue weighted by atomic mass is 19.4. The van der Waals surface area contributed by atoms with E-state index in [-0.39, 0.29) is 5.57 Å². The molecule has 1 saturated heterocycles. The number of nitrogens with two attached hydrogens (primary N) is 2. The van der Waals surface area contributed by atoms with E-state index in [2.05, 4.69) is 18.9 Å². The number of alkyl halides is 3. The maximum absolute atomic E-state index is 12.3. The Hall–Kier alpha value is -2.27. The van der Waals surface area contributed by atoms with Gasteiger partial charge in [0.15, 0.2) is 0 Å². The van der Waals surface area contributed by atoms with Crippen molar-refractivity contribution in [1.82, 2.24) is 4.90 Å². The molecular formula is C15H21F3N4O. The highest BCUT2D eigenvalue weighted by molar-refractivity contribution is 5.78. The van der Waals surface area contributed by atoms with Crippen LogP contribution in [0.2, 0.25) is 0 Å². The molecule has 0 aromatic rings. The Morgan fingerprint density at radius 3 is 2.09 bits per heavy atom. The lowest BCUT2D eigenvalue weighted by molar-refractivity contribution is -0.118. The number of rotatable bonds is 4. The first kappa shape index (κ1) is 20.7. The summed E-state index contributed by atoms with van der Waals surface area (Å²) in [5, 5.41) is 8.86. The van der Waals surface area contributed by atoms with E-state index in [1.54, 1.807) is 13.0 Å². The zero-order valence-electron chi connectivity index (χ0n) is 13.0. The third-order valence-electron chi connectivity index (χ3n) is 3.05. The second-order valence-electron chi connectivity index (χ2n) is 5.02. The molecule has 1 aliphatic heterocycles. The second-order valence-corrected chi connectivity index (χ2v) is 5.02. The molecule has 5 nitrogen and oxygen atoms in total. The van der Waals surface area contributed by atoms with Crippen molar-refractivity contribution in [3.05, 3.63) is 36.1 Å². The van der Waals surface area contributed by atoms with Crippen LogP contribution in [0.1, 0.15) is 19.8 Å². The predicted molar refractivity (Wildman–Crippen MR) is 81.7 cm³/mol. The van der Waals surface area contributed by atoms with E-state index in [0.717, 1.165) is 32.0 Å². The number of carbonyl (C=O) groups is 1. The van der Waals surface area contributed by atoms with Crippen LogP contribution >= 0.6 is 0 Å². The molecule has 0 aromatic carbocycles. The number of hydrogen-bond acceptors (Lipinski definition) is 4. The van der Waals surface area contributed by atoms with Crippen LogP contribution in [0.3, 0.4) is 0 Å². The van der Waals surface area contributed by atoms with Crippen LogP contribution in [-0.2, 0) is 4.79 Å². The molecule has 128 valence electrons.